The Morgan fingerprint density at radius 1 is 1.12 bits per heavy atom. The molecule has 0 saturated heterocycles. The average molecular weight is 423 g/mol. The van der Waals surface area contributed by atoms with E-state index in [1.807, 2.05) is 0 Å². The van der Waals surface area contributed by atoms with Gasteiger partial charge in [0.25, 0.3) is 5.91 Å². The first-order valence-electron chi connectivity index (χ1n) is 7.65. The van der Waals surface area contributed by atoms with Crippen LogP contribution in [0.1, 0.15) is 16.8 Å². The summed E-state index contributed by atoms with van der Waals surface area (Å²) in [7, 11) is 0. The zero-order valence-electron chi connectivity index (χ0n) is 13.6. The molecule has 0 saturated carbocycles. The molecule has 0 radical (unpaired) electrons. The molecule has 0 aliphatic rings. The molecule has 7 nitrogen and oxygen atoms in total. The Balaban J connectivity index is 1.69. The first-order chi connectivity index (χ1) is 12.5. The topological polar surface area (TPSA) is 100 Å². The summed E-state index contributed by atoms with van der Waals surface area (Å²) in [5.41, 5.74) is 0.668. The molecule has 0 bridgehead atoms. The highest BCUT2D eigenvalue weighted by molar-refractivity contribution is 9.10. The van der Waals surface area contributed by atoms with Crippen LogP contribution in [0.3, 0.4) is 0 Å². The molecule has 1 aromatic carbocycles. The molecule has 0 spiro atoms. The summed E-state index contributed by atoms with van der Waals surface area (Å²) < 4.78 is 13.6. The van der Waals surface area contributed by atoms with Crippen LogP contribution in [0.5, 0.6) is 0 Å². The smallest absolute Gasteiger partial charge is 0.252 e. The number of carbonyl (C=O) groups excluding carboxylic acids is 3. The van der Waals surface area contributed by atoms with Crippen LogP contribution in [0.2, 0.25) is 0 Å². The summed E-state index contributed by atoms with van der Waals surface area (Å²) in [6, 6.07) is 7.10. The van der Waals surface area contributed by atoms with Gasteiger partial charge in [-0.25, -0.2) is 4.39 Å². The molecule has 0 aliphatic carbocycles. The summed E-state index contributed by atoms with van der Waals surface area (Å²) in [6.07, 6.45) is 3.05. The van der Waals surface area contributed by atoms with Crippen molar-refractivity contribution in [2.24, 2.45) is 0 Å². The number of hydrogen-bond donors (Lipinski definition) is 3. The van der Waals surface area contributed by atoms with Gasteiger partial charge in [-0.2, -0.15) is 0 Å². The van der Waals surface area contributed by atoms with Gasteiger partial charge < -0.3 is 16.0 Å². The van der Waals surface area contributed by atoms with Gasteiger partial charge in [0.05, 0.1) is 24.0 Å². The van der Waals surface area contributed by atoms with E-state index in [-0.39, 0.29) is 31.0 Å². The van der Waals surface area contributed by atoms with E-state index >= 15 is 0 Å². The average Bonchev–Trinajstić information content (AvgIpc) is 2.62. The highest BCUT2D eigenvalue weighted by Gasteiger charge is 2.12. The van der Waals surface area contributed by atoms with Crippen LogP contribution in [-0.4, -0.2) is 35.8 Å². The molecule has 0 fully saturated rings. The van der Waals surface area contributed by atoms with Crippen LogP contribution in [0.4, 0.5) is 10.1 Å². The fourth-order valence-electron chi connectivity index (χ4n) is 1.97. The van der Waals surface area contributed by atoms with E-state index in [0.717, 1.165) is 6.07 Å². The van der Waals surface area contributed by atoms with Gasteiger partial charge in [0.15, 0.2) is 0 Å². The van der Waals surface area contributed by atoms with Crippen molar-refractivity contribution < 1.29 is 18.8 Å². The second kappa shape index (κ2) is 9.62. The van der Waals surface area contributed by atoms with Crippen molar-refractivity contribution in [3.63, 3.8) is 0 Å². The maximum absolute atomic E-state index is 13.2. The molecule has 9 heteroatoms. The van der Waals surface area contributed by atoms with Crippen LogP contribution >= 0.6 is 15.9 Å². The van der Waals surface area contributed by atoms with Crippen LogP contribution in [-0.2, 0) is 9.59 Å². The third kappa shape index (κ3) is 6.25. The van der Waals surface area contributed by atoms with Crippen molar-refractivity contribution in [1.82, 2.24) is 15.6 Å². The van der Waals surface area contributed by atoms with Gasteiger partial charge >= 0.3 is 0 Å². The van der Waals surface area contributed by atoms with Crippen molar-refractivity contribution >= 4 is 39.3 Å². The Labute approximate surface area is 157 Å². The third-order valence-electron chi connectivity index (χ3n) is 3.20. The fourth-order valence-corrected chi connectivity index (χ4v) is 2.39. The minimum absolute atomic E-state index is 0.0150. The molecule has 3 amide bonds. The van der Waals surface area contributed by atoms with Gasteiger partial charge in [-0.05, 0) is 46.3 Å². The minimum Gasteiger partial charge on any atom is -0.351 e. The Hall–Kier alpha value is -2.81. The highest BCUT2D eigenvalue weighted by Crippen LogP contribution is 2.17. The molecular weight excluding hydrogens is 407 g/mol. The van der Waals surface area contributed by atoms with Crippen molar-refractivity contribution in [2.45, 2.75) is 6.42 Å². The molecule has 1 heterocycles. The zero-order valence-corrected chi connectivity index (χ0v) is 15.2. The van der Waals surface area contributed by atoms with Gasteiger partial charge in [0.1, 0.15) is 5.82 Å². The highest BCUT2D eigenvalue weighted by atomic mass is 79.9. The zero-order chi connectivity index (χ0) is 18.9. The fraction of sp³-hybridized carbons (Fsp3) is 0.176. The molecule has 1 aromatic heterocycles. The molecule has 0 unspecified atom stereocenters. The lowest BCUT2D eigenvalue weighted by molar-refractivity contribution is -0.124. The lowest BCUT2D eigenvalue weighted by atomic mass is 10.2. The normalized spacial score (nSPS) is 10.1. The van der Waals surface area contributed by atoms with Crippen LogP contribution in [0.25, 0.3) is 0 Å². The minimum atomic E-state index is -0.532. The van der Waals surface area contributed by atoms with Gasteiger partial charge in [-0.3, -0.25) is 19.4 Å². The first kappa shape index (κ1) is 19.5. The summed E-state index contributed by atoms with van der Waals surface area (Å²) in [6.45, 7) is -0.144. The van der Waals surface area contributed by atoms with Gasteiger partial charge in [-0.15, -0.1) is 0 Å². The molecule has 3 N–H and O–H groups in total. The van der Waals surface area contributed by atoms with Crippen molar-refractivity contribution in [3.8, 4) is 0 Å². The number of benzene rings is 1. The number of anilines is 1. The number of nitrogens with zero attached hydrogens (tertiary/aromatic N) is 1. The maximum atomic E-state index is 13.2. The van der Waals surface area contributed by atoms with E-state index < -0.39 is 17.6 Å². The lowest BCUT2D eigenvalue weighted by Gasteiger charge is -2.08. The second-order valence-corrected chi connectivity index (χ2v) is 6.05. The number of carbonyl (C=O) groups is 3. The summed E-state index contributed by atoms with van der Waals surface area (Å²) in [5, 5.41) is 7.54. The number of aromatic nitrogens is 1. The van der Waals surface area contributed by atoms with Crippen molar-refractivity contribution in [2.75, 3.05) is 18.4 Å². The first-order valence-corrected chi connectivity index (χ1v) is 8.45. The SMILES string of the molecule is O=C(CCNC(=O)c1cc(F)ccc1Br)NCC(=O)Nc1cccnc1. The van der Waals surface area contributed by atoms with E-state index in [0.29, 0.717) is 10.2 Å². The van der Waals surface area contributed by atoms with Crippen molar-refractivity contribution in [1.29, 1.82) is 0 Å². The van der Waals surface area contributed by atoms with Crippen molar-refractivity contribution in [3.05, 3.63) is 58.6 Å². The Morgan fingerprint density at radius 2 is 1.92 bits per heavy atom. The number of amides is 3. The number of halogens is 2. The standard InChI is InChI=1S/C17H16BrFN4O3/c18-14-4-3-11(19)8-13(14)17(26)21-7-5-15(24)22-10-16(25)23-12-2-1-6-20-9-12/h1-4,6,8-9H,5,7,10H2,(H,21,26)(H,22,24)(H,23,25). The molecule has 2 rings (SSSR count). The Bertz CT molecular complexity index is 802. The van der Waals surface area contributed by atoms with E-state index in [9.17, 15) is 18.8 Å². The quantitative estimate of drug-likeness (QED) is 0.633. The maximum Gasteiger partial charge on any atom is 0.252 e. The van der Waals surface area contributed by atoms with E-state index in [1.54, 1.807) is 18.3 Å². The predicted octanol–water partition coefficient (Wildman–Crippen LogP) is 1.86. The third-order valence-corrected chi connectivity index (χ3v) is 3.89. The van der Waals surface area contributed by atoms with Crippen LogP contribution in [0.15, 0.2) is 47.2 Å². The summed E-state index contributed by atoms with van der Waals surface area (Å²) >= 11 is 3.16. The Kier molecular flexibility index (Phi) is 7.22. The van der Waals surface area contributed by atoms with Crippen LogP contribution in [0, 0.1) is 5.82 Å². The molecular formula is C17H16BrFN4O3. The van der Waals surface area contributed by atoms with E-state index in [1.165, 1.54) is 18.3 Å². The van der Waals surface area contributed by atoms with E-state index in [2.05, 4.69) is 36.9 Å². The summed E-state index contributed by atoms with van der Waals surface area (Å²) in [5.74, 6) is -1.82. The molecule has 136 valence electrons. The van der Waals surface area contributed by atoms with Gasteiger partial charge in [0, 0.05) is 23.6 Å². The number of hydrogen-bond acceptors (Lipinski definition) is 4. The molecule has 0 atom stereocenters. The second-order valence-electron chi connectivity index (χ2n) is 5.20. The largest absolute Gasteiger partial charge is 0.351 e. The monoisotopic (exact) mass is 422 g/mol. The van der Waals surface area contributed by atoms with E-state index in [4.69, 9.17) is 0 Å². The lowest BCUT2D eigenvalue weighted by Crippen LogP contribution is -2.35. The molecule has 0 aliphatic heterocycles. The number of rotatable bonds is 7. The summed E-state index contributed by atoms with van der Waals surface area (Å²) in [4.78, 5) is 39.2. The Morgan fingerprint density at radius 3 is 2.65 bits per heavy atom. The van der Waals surface area contributed by atoms with Gasteiger partial charge in [0.2, 0.25) is 11.8 Å². The predicted molar refractivity (Wildman–Crippen MR) is 96.9 cm³/mol. The number of nitrogens with one attached hydrogen (secondary N) is 3. The van der Waals surface area contributed by atoms with Crippen LogP contribution < -0.4 is 16.0 Å². The molecule has 26 heavy (non-hydrogen) atoms. The van der Waals surface area contributed by atoms with Gasteiger partial charge in [-0.1, -0.05) is 0 Å². The number of pyridine rings is 1. The molecule has 2 aromatic rings.